The van der Waals surface area contributed by atoms with Crippen LogP contribution in [0.4, 0.5) is 17.6 Å². The van der Waals surface area contributed by atoms with Crippen LogP contribution in [0, 0.1) is 5.82 Å². The number of halogens is 4. The molecule has 3 rings (SSSR count). The number of phenolic OH excluding ortho intramolecular Hbond substituents is 4. The Morgan fingerprint density at radius 1 is 1.00 bits per heavy atom. The minimum absolute atomic E-state index is 0.0881. The van der Waals surface area contributed by atoms with Gasteiger partial charge in [0.25, 0.3) is 0 Å². The van der Waals surface area contributed by atoms with Crippen molar-refractivity contribution in [1.29, 1.82) is 0 Å². The molecule has 0 saturated carbocycles. The van der Waals surface area contributed by atoms with E-state index >= 15 is 0 Å². The highest BCUT2D eigenvalue weighted by Gasteiger charge is 2.41. The molecule has 0 unspecified atom stereocenters. The highest BCUT2D eigenvalue weighted by molar-refractivity contribution is 5.83. The molecule has 0 radical (unpaired) electrons. The number of alkyl halides is 3. The van der Waals surface area contributed by atoms with Gasteiger partial charge in [-0.3, -0.25) is 0 Å². The molecule has 1 heterocycles. The van der Waals surface area contributed by atoms with Gasteiger partial charge in [-0.25, -0.2) is 4.39 Å². The molecule has 146 valence electrons. The van der Waals surface area contributed by atoms with Crippen molar-refractivity contribution < 1.29 is 47.5 Å². The average molecular weight is 391 g/mol. The van der Waals surface area contributed by atoms with Crippen LogP contribution in [0.2, 0.25) is 0 Å². The van der Waals surface area contributed by atoms with Gasteiger partial charge >= 0.3 is 6.18 Å². The standard InChI is InChI=1S/C16H13F4NO6/c17-8-1-7(14-15(11(8)23)26-4-5(3-21)27-14)6-2-9(22)12(24)13(25)10(6)16(18,19)20/h1-2,5,22-25H,3-4,21H2/t5-/m0/s1. The molecule has 0 aliphatic carbocycles. The third-order valence-corrected chi connectivity index (χ3v) is 3.95. The highest BCUT2D eigenvalue weighted by Crippen LogP contribution is 2.55. The Morgan fingerprint density at radius 3 is 2.26 bits per heavy atom. The monoisotopic (exact) mass is 391 g/mol. The maximum Gasteiger partial charge on any atom is 0.420 e. The smallest absolute Gasteiger partial charge is 0.420 e. The molecule has 0 aromatic heterocycles. The van der Waals surface area contributed by atoms with E-state index in [0.717, 1.165) is 0 Å². The quantitative estimate of drug-likeness (QED) is 0.393. The molecule has 0 spiro atoms. The lowest BCUT2D eigenvalue weighted by Crippen LogP contribution is -2.36. The lowest BCUT2D eigenvalue weighted by atomic mass is 9.95. The summed E-state index contributed by atoms with van der Waals surface area (Å²) in [7, 11) is 0. The van der Waals surface area contributed by atoms with Crippen LogP contribution in [-0.4, -0.2) is 39.7 Å². The van der Waals surface area contributed by atoms with Crippen LogP contribution in [0.3, 0.4) is 0 Å². The number of nitrogens with two attached hydrogens (primary N) is 1. The summed E-state index contributed by atoms with van der Waals surface area (Å²) in [5.41, 5.74) is 2.25. The molecule has 0 fully saturated rings. The van der Waals surface area contributed by atoms with E-state index in [1.165, 1.54) is 0 Å². The molecule has 27 heavy (non-hydrogen) atoms. The summed E-state index contributed by atoms with van der Waals surface area (Å²) < 4.78 is 65.1. The fraction of sp³-hybridized carbons (Fsp3) is 0.250. The number of benzene rings is 2. The summed E-state index contributed by atoms with van der Waals surface area (Å²) in [5.74, 6) is -7.42. The van der Waals surface area contributed by atoms with Crippen molar-refractivity contribution in [2.75, 3.05) is 13.2 Å². The number of phenols is 4. The van der Waals surface area contributed by atoms with E-state index < -0.39 is 69.3 Å². The molecular weight excluding hydrogens is 378 g/mol. The third-order valence-electron chi connectivity index (χ3n) is 3.95. The second-order valence-corrected chi connectivity index (χ2v) is 5.71. The van der Waals surface area contributed by atoms with Crippen LogP contribution in [-0.2, 0) is 6.18 Å². The summed E-state index contributed by atoms with van der Waals surface area (Å²) in [4.78, 5) is 0. The maximum absolute atomic E-state index is 14.1. The van der Waals surface area contributed by atoms with Gasteiger partial charge in [-0.2, -0.15) is 13.2 Å². The van der Waals surface area contributed by atoms with Gasteiger partial charge in [-0.05, 0) is 12.1 Å². The molecule has 0 bridgehead atoms. The summed E-state index contributed by atoms with van der Waals surface area (Å²) in [6.07, 6.45) is -5.98. The lowest BCUT2D eigenvalue weighted by molar-refractivity contribution is -0.138. The zero-order valence-corrected chi connectivity index (χ0v) is 13.3. The van der Waals surface area contributed by atoms with Gasteiger partial charge in [0, 0.05) is 17.7 Å². The number of rotatable bonds is 2. The van der Waals surface area contributed by atoms with Crippen LogP contribution < -0.4 is 15.2 Å². The zero-order valence-electron chi connectivity index (χ0n) is 13.3. The van der Waals surface area contributed by atoms with Gasteiger partial charge in [-0.15, -0.1) is 0 Å². The number of fused-ring (bicyclic) bond motifs is 1. The molecule has 1 atom stereocenters. The molecule has 2 aromatic rings. The fourth-order valence-corrected chi connectivity index (χ4v) is 2.69. The van der Waals surface area contributed by atoms with Crippen molar-refractivity contribution in [2.45, 2.75) is 12.3 Å². The minimum atomic E-state index is -5.19. The second kappa shape index (κ2) is 6.27. The van der Waals surface area contributed by atoms with E-state index in [9.17, 15) is 38.0 Å². The molecule has 2 aromatic carbocycles. The Labute approximate surface area is 148 Å². The van der Waals surface area contributed by atoms with E-state index in [1.807, 2.05) is 0 Å². The molecule has 0 saturated heterocycles. The number of ether oxygens (including phenoxy) is 2. The SMILES string of the molecule is NC[C@H]1COc2c(O)c(F)cc(-c3cc(O)c(O)c(O)c3C(F)(F)F)c2O1. The molecule has 7 nitrogen and oxygen atoms in total. The lowest BCUT2D eigenvalue weighted by Gasteiger charge is -2.29. The Hall–Kier alpha value is -3.08. The van der Waals surface area contributed by atoms with Gasteiger partial charge in [0.15, 0.2) is 28.8 Å². The third kappa shape index (κ3) is 2.99. The largest absolute Gasteiger partial charge is 0.504 e. The first-order chi connectivity index (χ1) is 12.6. The second-order valence-electron chi connectivity index (χ2n) is 5.71. The van der Waals surface area contributed by atoms with Gasteiger partial charge in [0.05, 0.1) is 0 Å². The number of aromatic hydroxyl groups is 4. The van der Waals surface area contributed by atoms with Crippen molar-refractivity contribution in [3.63, 3.8) is 0 Å². The molecule has 0 amide bonds. The molecule has 1 aliphatic rings. The Balaban J connectivity index is 2.37. The van der Waals surface area contributed by atoms with Crippen LogP contribution in [0.5, 0.6) is 34.5 Å². The molecule has 11 heteroatoms. The van der Waals surface area contributed by atoms with Gasteiger partial charge in [0.2, 0.25) is 11.5 Å². The summed E-state index contributed by atoms with van der Waals surface area (Å²) in [6.45, 7) is -0.270. The van der Waals surface area contributed by atoms with E-state index in [4.69, 9.17) is 15.2 Å². The predicted octanol–water partition coefficient (Wildman–Crippen LogP) is 2.43. The summed E-state index contributed by atoms with van der Waals surface area (Å²) in [5, 5.41) is 38.6. The van der Waals surface area contributed by atoms with Crippen LogP contribution in [0.15, 0.2) is 12.1 Å². The topological polar surface area (TPSA) is 125 Å². The van der Waals surface area contributed by atoms with E-state index in [2.05, 4.69) is 0 Å². The van der Waals surface area contributed by atoms with Crippen molar-refractivity contribution >= 4 is 0 Å². The van der Waals surface area contributed by atoms with Crippen molar-refractivity contribution in [1.82, 2.24) is 0 Å². The molecule has 1 aliphatic heterocycles. The van der Waals surface area contributed by atoms with E-state index in [-0.39, 0.29) is 13.2 Å². The van der Waals surface area contributed by atoms with Gasteiger partial charge in [-0.1, -0.05) is 0 Å². The van der Waals surface area contributed by atoms with Crippen molar-refractivity contribution in [3.8, 4) is 45.6 Å². The fourth-order valence-electron chi connectivity index (χ4n) is 2.69. The Kier molecular flexibility index (Phi) is 4.34. The summed E-state index contributed by atoms with van der Waals surface area (Å²) >= 11 is 0. The number of hydrogen-bond acceptors (Lipinski definition) is 7. The number of hydrogen-bond donors (Lipinski definition) is 5. The average Bonchev–Trinajstić information content (AvgIpc) is 2.60. The van der Waals surface area contributed by atoms with E-state index in [1.54, 1.807) is 0 Å². The first-order valence-electron chi connectivity index (χ1n) is 7.46. The molecule has 6 N–H and O–H groups in total. The van der Waals surface area contributed by atoms with E-state index in [0.29, 0.717) is 12.1 Å². The molecular formula is C16H13F4NO6. The normalized spacial score (nSPS) is 16.4. The predicted molar refractivity (Wildman–Crippen MR) is 82.5 cm³/mol. The van der Waals surface area contributed by atoms with Crippen LogP contribution >= 0.6 is 0 Å². The van der Waals surface area contributed by atoms with Crippen LogP contribution in [0.25, 0.3) is 11.1 Å². The Morgan fingerprint density at radius 2 is 1.67 bits per heavy atom. The van der Waals surface area contributed by atoms with Crippen LogP contribution in [0.1, 0.15) is 5.56 Å². The van der Waals surface area contributed by atoms with Gasteiger partial charge in [0.1, 0.15) is 18.3 Å². The highest BCUT2D eigenvalue weighted by atomic mass is 19.4. The minimum Gasteiger partial charge on any atom is -0.504 e. The first kappa shape index (κ1) is 18.7. The maximum atomic E-state index is 14.1. The Bertz CT molecular complexity index is 915. The van der Waals surface area contributed by atoms with Crippen molar-refractivity contribution in [3.05, 3.63) is 23.5 Å². The van der Waals surface area contributed by atoms with Crippen molar-refractivity contribution in [2.24, 2.45) is 5.73 Å². The van der Waals surface area contributed by atoms with Gasteiger partial charge < -0.3 is 35.6 Å². The summed E-state index contributed by atoms with van der Waals surface area (Å²) in [6, 6.07) is 1.01. The zero-order chi connectivity index (χ0) is 20.1. The first-order valence-corrected chi connectivity index (χ1v) is 7.46.